The number of benzene rings is 2. The number of anilines is 1. The summed E-state index contributed by atoms with van der Waals surface area (Å²) in [5.74, 6) is 0.748. The lowest BCUT2D eigenvalue weighted by atomic mass is 9.92. The summed E-state index contributed by atoms with van der Waals surface area (Å²) in [6.07, 6.45) is 0. The van der Waals surface area contributed by atoms with Crippen LogP contribution in [0.3, 0.4) is 0 Å². The summed E-state index contributed by atoms with van der Waals surface area (Å²) in [5, 5.41) is 11.8. The van der Waals surface area contributed by atoms with Crippen LogP contribution in [0.2, 0.25) is 5.02 Å². The Labute approximate surface area is 167 Å². The molecule has 3 aliphatic heterocycles. The molecule has 0 aromatic heterocycles. The Hall–Kier alpha value is -2.77. The molecule has 3 heterocycles. The van der Waals surface area contributed by atoms with Gasteiger partial charge < -0.3 is 20.3 Å². The predicted molar refractivity (Wildman–Crippen MR) is 109 cm³/mol. The zero-order valence-electron chi connectivity index (χ0n) is 15.3. The van der Waals surface area contributed by atoms with E-state index in [2.05, 4.69) is 27.2 Å². The van der Waals surface area contributed by atoms with Crippen molar-refractivity contribution in [3.63, 3.8) is 0 Å². The summed E-state index contributed by atoms with van der Waals surface area (Å²) in [6.45, 7) is 2.16. The first-order valence-corrected chi connectivity index (χ1v) is 9.62. The Bertz CT molecular complexity index is 989. The monoisotopic (exact) mass is 397 g/mol. The molecule has 28 heavy (non-hydrogen) atoms. The van der Waals surface area contributed by atoms with Gasteiger partial charge in [-0.2, -0.15) is 5.10 Å². The van der Waals surface area contributed by atoms with Crippen LogP contribution in [0.4, 0.5) is 10.5 Å². The maximum absolute atomic E-state index is 12.1. The lowest BCUT2D eigenvalue weighted by Crippen LogP contribution is -2.51. The van der Waals surface area contributed by atoms with Crippen molar-refractivity contribution in [2.24, 2.45) is 5.10 Å². The van der Waals surface area contributed by atoms with Gasteiger partial charge in [0.1, 0.15) is 24.1 Å². The Morgan fingerprint density at radius 3 is 2.82 bits per heavy atom. The molecule has 1 atom stereocenters. The minimum Gasteiger partial charge on any atom is -0.487 e. The van der Waals surface area contributed by atoms with E-state index in [1.54, 1.807) is 11.9 Å². The average molecular weight is 398 g/mol. The first-order chi connectivity index (χ1) is 13.6. The van der Waals surface area contributed by atoms with Crippen LogP contribution in [0.1, 0.15) is 11.6 Å². The van der Waals surface area contributed by atoms with Crippen LogP contribution in [0.25, 0.3) is 11.1 Å². The van der Waals surface area contributed by atoms with E-state index in [9.17, 15) is 4.79 Å². The molecule has 3 N–H and O–H groups in total. The van der Waals surface area contributed by atoms with E-state index < -0.39 is 0 Å². The number of halogens is 1. The third kappa shape index (κ3) is 2.78. The van der Waals surface area contributed by atoms with E-state index in [1.807, 2.05) is 30.3 Å². The topological polar surface area (TPSA) is 78.0 Å². The molecule has 7 nitrogen and oxygen atoms in total. The van der Waals surface area contributed by atoms with Crippen LogP contribution < -0.4 is 20.8 Å². The molecule has 2 amide bonds. The minimum atomic E-state index is -0.238. The zero-order chi connectivity index (χ0) is 19.3. The molecule has 1 fully saturated rings. The lowest BCUT2D eigenvalue weighted by molar-refractivity contribution is 0.192. The van der Waals surface area contributed by atoms with Crippen molar-refractivity contribution in [1.29, 1.82) is 0 Å². The first-order valence-electron chi connectivity index (χ1n) is 9.24. The third-order valence-corrected chi connectivity index (χ3v) is 5.77. The Balaban J connectivity index is 1.65. The van der Waals surface area contributed by atoms with E-state index in [1.165, 1.54) is 0 Å². The molecule has 0 aliphatic carbocycles. The van der Waals surface area contributed by atoms with Gasteiger partial charge in [-0.3, -0.25) is 0 Å². The number of urea groups is 1. The number of ether oxygens (including phenoxy) is 1. The number of fused-ring (bicyclic) bond motifs is 3. The van der Waals surface area contributed by atoms with Crippen molar-refractivity contribution in [3.8, 4) is 16.9 Å². The van der Waals surface area contributed by atoms with Crippen LogP contribution >= 0.6 is 11.6 Å². The van der Waals surface area contributed by atoms with Gasteiger partial charge in [-0.1, -0.05) is 29.8 Å². The molecule has 0 saturated carbocycles. The van der Waals surface area contributed by atoms with Crippen LogP contribution in [0, 0.1) is 0 Å². The van der Waals surface area contributed by atoms with Gasteiger partial charge in [-0.15, -0.1) is 0 Å². The number of hydrazone groups is 1. The van der Waals surface area contributed by atoms with Crippen molar-refractivity contribution >= 4 is 29.0 Å². The summed E-state index contributed by atoms with van der Waals surface area (Å²) in [4.78, 5) is 13.8. The fourth-order valence-corrected chi connectivity index (χ4v) is 4.06. The van der Waals surface area contributed by atoms with E-state index in [0.717, 1.165) is 46.9 Å². The molecule has 2 aromatic carbocycles. The second-order valence-corrected chi connectivity index (χ2v) is 7.64. The first kappa shape index (κ1) is 17.3. The number of carbonyl (C=O) groups excluding carboxylic acids is 1. The highest BCUT2D eigenvalue weighted by Crippen LogP contribution is 2.43. The van der Waals surface area contributed by atoms with Gasteiger partial charge in [0.05, 0.1) is 6.04 Å². The molecule has 5 rings (SSSR count). The van der Waals surface area contributed by atoms with Crippen molar-refractivity contribution in [2.75, 3.05) is 32.1 Å². The fraction of sp³-hybridized carbons (Fsp3) is 0.300. The number of carbonyl (C=O) groups is 1. The smallest absolute Gasteiger partial charge is 0.338 e. The van der Waals surface area contributed by atoms with Crippen LogP contribution in [-0.4, -0.2) is 49.4 Å². The molecular formula is C20H20ClN5O2. The van der Waals surface area contributed by atoms with Crippen molar-refractivity contribution in [2.45, 2.75) is 12.1 Å². The molecule has 0 bridgehead atoms. The van der Waals surface area contributed by atoms with Crippen molar-refractivity contribution in [3.05, 3.63) is 47.0 Å². The van der Waals surface area contributed by atoms with Gasteiger partial charge in [0.15, 0.2) is 0 Å². The molecule has 144 valence electrons. The van der Waals surface area contributed by atoms with Crippen LogP contribution in [-0.2, 0) is 0 Å². The second kappa shape index (κ2) is 6.68. The molecule has 1 unspecified atom stereocenters. The molecule has 0 spiro atoms. The zero-order valence-corrected chi connectivity index (χ0v) is 16.1. The molecule has 2 aromatic rings. The number of rotatable bonds is 3. The predicted octanol–water partition coefficient (Wildman–Crippen LogP) is 2.84. The van der Waals surface area contributed by atoms with Gasteiger partial charge >= 0.3 is 6.03 Å². The van der Waals surface area contributed by atoms with Crippen LogP contribution in [0.15, 0.2) is 41.5 Å². The number of hydrogen-bond donors (Lipinski definition) is 3. The highest BCUT2D eigenvalue weighted by atomic mass is 35.5. The number of nitrogens with one attached hydrogen (secondary N) is 3. The Morgan fingerprint density at radius 2 is 2.07 bits per heavy atom. The highest BCUT2D eigenvalue weighted by Gasteiger charge is 2.37. The molecule has 3 aliphatic rings. The maximum Gasteiger partial charge on any atom is 0.338 e. The fourth-order valence-electron chi connectivity index (χ4n) is 3.82. The second-order valence-electron chi connectivity index (χ2n) is 7.24. The lowest BCUT2D eigenvalue weighted by Gasteiger charge is -2.37. The molecule has 1 saturated heterocycles. The van der Waals surface area contributed by atoms with E-state index in [4.69, 9.17) is 16.3 Å². The van der Waals surface area contributed by atoms with Crippen molar-refractivity contribution < 1.29 is 9.53 Å². The Kier molecular flexibility index (Phi) is 4.14. The summed E-state index contributed by atoms with van der Waals surface area (Å²) < 4.78 is 5.99. The summed E-state index contributed by atoms with van der Waals surface area (Å²) in [7, 11) is 1.77. The van der Waals surface area contributed by atoms with E-state index in [-0.39, 0.29) is 12.1 Å². The Morgan fingerprint density at radius 1 is 1.25 bits per heavy atom. The van der Waals surface area contributed by atoms with Gasteiger partial charge in [0.25, 0.3) is 0 Å². The SMILES string of the molecule is CN1C(=O)NN=C2COc3cc(-c4ccccc4Cl)c(NC4CNC4)cc3C21. The van der Waals surface area contributed by atoms with Gasteiger partial charge in [0, 0.05) is 47.5 Å². The molecule has 0 radical (unpaired) electrons. The average Bonchev–Trinajstić information content (AvgIpc) is 2.67. The summed E-state index contributed by atoms with van der Waals surface area (Å²) >= 11 is 6.49. The van der Waals surface area contributed by atoms with Gasteiger partial charge in [-0.25, -0.2) is 10.2 Å². The minimum absolute atomic E-state index is 0.227. The summed E-state index contributed by atoms with van der Waals surface area (Å²) in [5.41, 5.74) is 7.14. The number of amides is 2. The van der Waals surface area contributed by atoms with E-state index >= 15 is 0 Å². The largest absolute Gasteiger partial charge is 0.487 e. The normalized spacial score (nSPS) is 20.9. The molecular weight excluding hydrogens is 378 g/mol. The van der Waals surface area contributed by atoms with Crippen LogP contribution in [0.5, 0.6) is 5.75 Å². The number of hydrogen-bond acceptors (Lipinski definition) is 5. The maximum atomic E-state index is 12.1. The standard InChI is InChI=1S/C20H20ClN5O2/c1-26-19-14-6-16(23-11-8-22-9-11)13(12-4-2-3-5-15(12)21)7-18(14)28-10-17(19)24-25-20(26)27/h2-7,11,19,22-23H,8-10H2,1H3,(H,25,27). The number of nitrogens with zero attached hydrogens (tertiary/aromatic N) is 2. The van der Waals surface area contributed by atoms with E-state index in [0.29, 0.717) is 17.7 Å². The third-order valence-electron chi connectivity index (χ3n) is 5.44. The highest BCUT2D eigenvalue weighted by molar-refractivity contribution is 6.33. The van der Waals surface area contributed by atoms with Crippen molar-refractivity contribution in [1.82, 2.24) is 15.6 Å². The molecule has 8 heteroatoms. The van der Waals surface area contributed by atoms with Gasteiger partial charge in [-0.05, 0) is 18.2 Å². The quantitative estimate of drug-likeness (QED) is 0.744. The summed E-state index contributed by atoms with van der Waals surface area (Å²) in [6, 6.07) is 11.8. The van der Waals surface area contributed by atoms with Gasteiger partial charge in [0.2, 0.25) is 0 Å².